The van der Waals surface area contributed by atoms with Crippen LogP contribution < -0.4 is 0 Å². The first-order valence-corrected chi connectivity index (χ1v) is 9.82. The molecule has 2 aromatic carbocycles. The predicted molar refractivity (Wildman–Crippen MR) is 114 cm³/mol. The van der Waals surface area contributed by atoms with E-state index in [1.54, 1.807) is 36.4 Å². The molecular weight excluding hydrogens is 404 g/mol. The summed E-state index contributed by atoms with van der Waals surface area (Å²) < 4.78 is 16.6. The molecule has 1 aliphatic heterocycles. The lowest BCUT2D eigenvalue weighted by atomic mass is 9.72. The average Bonchev–Trinajstić information content (AvgIpc) is 3.13. The molecule has 6 heteroatoms. The van der Waals surface area contributed by atoms with Gasteiger partial charge in [0.15, 0.2) is 0 Å². The summed E-state index contributed by atoms with van der Waals surface area (Å²) >= 11 is 6.04. The molecule has 2 atom stereocenters. The van der Waals surface area contributed by atoms with Crippen LogP contribution in [0.1, 0.15) is 29.8 Å². The maximum absolute atomic E-state index is 13.2. The summed E-state index contributed by atoms with van der Waals surface area (Å²) in [4.78, 5) is 26.5. The Morgan fingerprint density at radius 2 is 1.63 bits per heavy atom. The van der Waals surface area contributed by atoms with E-state index in [4.69, 9.17) is 25.8 Å². The molecule has 1 aliphatic rings. The molecule has 3 rings (SSSR count). The van der Waals surface area contributed by atoms with Crippen molar-refractivity contribution < 1.29 is 23.8 Å². The Bertz CT molecular complexity index is 933. The van der Waals surface area contributed by atoms with Crippen LogP contribution in [0.3, 0.4) is 0 Å². The minimum atomic E-state index is -1.80. The third kappa shape index (κ3) is 3.66. The molecule has 1 saturated heterocycles. The summed E-state index contributed by atoms with van der Waals surface area (Å²) in [6, 6.07) is 16.2. The molecule has 0 N–H and O–H groups in total. The number of benzene rings is 2. The zero-order chi connectivity index (χ0) is 21.7. The summed E-state index contributed by atoms with van der Waals surface area (Å²) in [5, 5.41) is 0.528. The lowest BCUT2D eigenvalue weighted by molar-refractivity contribution is -0.171. The molecule has 1 fully saturated rings. The van der Waals surface area contributed by atoms with E-state index in [1.165, 1.54) is 14.2 Å². The van der Waals surface area contributed by atoms with Crippen molar-refractivity contribution in [2.45, 2.75) is 18.6 Å². The third-order valence-corrected chi connectivity index (χ3v) is 5.45. The molecule has 2 unspecified atom stereocenters. The highest BCUT2D eigenvalue weighted by Crippen LogP contribution is 2.58. The minimum absolute atomic E-state index is 0.436. The summed E-state index contributed by atoms with van der Waals surface area (Å²) in [5.74, 6) is -1.49. The second-order valence-electron chi connectivity index (χ2n) is 6.83. The molecule has 0 aromatic heterocycles. The van der Waals surface area contributed by atoms with E-state index in [-0.39, 0.29) is 0 Å². The van der Waals surface area contributed by atoms with Gasteiger partial charge in [0.05, 0.1) is 14.2 Å². The molecular formula is C24H23ClO5. The lowest BCUT2D eigenvalue weighted by Crippen LogP contribution is -2.45. The molecule has 0 amide bonds. The van der Waals surface area contributed by atoms with Gasteiger partial charge in [-0.3, -0.25) is 9.59 Å². The van der Waals surface area contributed by atoms with Crippen molar-refractivity contribution in [3.05, 3.63) is 95.1 Å². The molecule has 5 nitrogen and oxygen atoms in total. The second-order valence-corrected chi connectivity index (χ2v) is 7.27. The number of hydrogen-bond donors (Lipinski definition) is 0. The van der Waals surface area contributed by atoms with Crippen molar-refractivity contribution in [3.63, 3.8) is 0 Å². The molecule has 0 aliphatic carbocycles. The highest BCUT2D eigenvalue weighted by Gasteiger charge is 2.65. The van der Waals surface area contributed by atoms with E-state index in [9.17, 15) is 9.59 Å². The van der Waals surface area contributed by atoms with Crippen molar-refractivity contribution in [2.75, 3.05) is 14.2 Å². The van der Waals surface area contributed by atoms with Gasteiger partial charge in [0.1, 0.15) is 12.2 Å². The maximum Gasteiger partial charge on any atom is 0.330 e. The Balaban J connectivity index is 2.30. The van der Waals surface area contributed by atoms with Crippen LogP contribution in [-0.2, 0) is 23.8 Å². The monoisotopic (exact) mass is 426 g/mol. The number of allylic oxidation sites excluding steroid dienone is 2. The third-order valence-electron chi connectivity index (χ3n) is 5.20. The van der Waals surface area contributed by atoms with Gasteiger partial charge in [-0.25, -0.2) is 0 Å². The quantitative estimate of drug-likeness (QED) is 0.370. The second kappa shape index (κ2) is 9.28. The summed E-state index contributed by atoms with van der Waals surface area (Å²) in [5.41, 5.74) is 0.0766. The normalized spacial score (nSPS) is 21.2. The number of methoxy groups -OCH3 is 2. The van der Waals surface area contributed by atoms with Gasteiger partial charge >= 0.3 is 11.9 Å². The van der Waals surface area contributed by atoms with Gasteiger partial charge < -0.3 is 14.2 Å². The van der Waals surface area contributed by atoms with Crippen molar-refractivity contribution >= 4 is 23.5 Å². The average molecular weight is 427 g/mol. The molecule has 1 heterocycles. The molecule has 156 valence electrons. The van der Waals surface area contributed by atoms with Gasteiger partial charge in [0.25, 0.3) is 0 Å². The number of esters is 2. The van der Waals surface area contributed by atoms with Gasteiger partial charge in [-0.15, -0.1) is 6.58 Å². The minimum Gasteiger partial charge on any atom is -0.468 e. The Hall–Kier alpha value is -2.89. The van der Waals surface area contributed by atoms with Crippen molar-refractivity contribution in [3.8, 4) is 0 Å². The summed E-state index contributed by atoms with van der Waals surface area (Å²) in [7, 11) is 2.49. The number of hydrogen-bond acceptors (Lipinski definition) is 5. The van der Waals surface area contributed by atoms with Crippen molar-refractivity contribution in [2.24, 2.45) is 5.41 Å². The first kappa shape index (κ1) is 21.8. The van der Waals surface area contributed by atoms with Crippen LogP contribution in [0.5, 0.6) is 0 Å². The van der Waals surface area contributed by atoms with Crippen molar-refractivity contribution in [1.29, 1.82) is 0 Å². The fraction of sp³-hybridized carbons (Fsp3) is 0.250. The van der Waals surface area contributed by atoms with E-state index < -0.39 is 29.6 Å². The van der Waals surface area contributed by atoms with Gasteiger partial charge in [0.2, 0.25) is 5.41 Å². The zero-order valence-electron chi connectivity index (χ0n) is 16.8. The first-order chi connectivity index (χ1) is 14.5. The number of rotatable bonds is 6. The molecule has 0 saturated carbocycles. The van der Waals surface area contributed by atoms with E-state index in [0.29, 0.717) is 22.6 Å². The standard InChI is InChI=1S/C24H23ClO5/c1-4-5-11-19-20(16-9-7-6-8-10-16)30-21(17-12-14-18(25)15-13-17)24(19,22(26)28-2)23(27)29-3/h4,6-15,20-21H,1,5H2,2-3H3/b19-11+. The molecule has 0 radical (unpaired) electrons. The highest BCUT2D eigenvalue weighted by molar-refractivity contribution is 6.30. The van der Waals surface area contributed by atoms with Crippen LogP contribution in [0.2, 0.25) is 5.02 Å². The summed E-state index contributed by atoms with van der Waals surface area (Å²) in [6.07, 6.45) is 2.30. The first-order valence-electron chi connectivity index (χ1n) is 9.44. The Morgan fingerprint density at radius 1 is 1.03 bits per heavy atom. The number of carbonyl (C=O) groups excluding carboxylic acids is 2. The summed E-state index contributed by atoms with van der Waals surface area (Å²) in [6.45, 7) is 3.75. The Kier molecular flexibility index (Phi) is 6.75. The van der Waals surface area contributed by atoms with E-state index in [2.05, 4.69) is 6.58 Å². The lowest BCUT2D eigenvalue weighted by Gasteiger charge is -2.30. The number of halogens is 1. The molecule has 0 bridgehead atoms. The van der Waals surface area contributed by atoms with Crippen molar-refractivity contribution in [1.82, 2.24) is 0 Å². The van der Waals surface area contributed by atoms with E-state index >= 15 is 0 Å². The number of carbonyl (C=O) groups is 2. The van der Waals surface area contributed by atoms with Crippen LogP contribution in [-0.4, -0.2) is 26.2 Å². The topological polar surface area (TPSA) is 61.8 Å². The number of ether oxygens (including phenoxy) is 3. The smallest absolute Gasteiger partial charge is 0.330 e. The Morgan fingerprint density at radius 3 is 2.17 bits per heavy atom. The maximum atomic E-state index is 13.2. The fourth-order valence-electron chi connectivity index (χ4n) is 3.86. The Labute approximate surface area is 180 Å². The van der Waals surface area contributed by atoms with Gasteiger partial charge in [-0.1, -0.05) is 66.2 Å². The van der Waals surface area contributed by atoms with E-state index in [0.717, 1.165) is 5.56 Å². The molecule has 2 aromatic rings. The van der Waals surface area contributed by atoms with Crippen LogP contribution >= 0.6 is 11.6 Å². The molecule has 30 heavy (non-hydrogen) atoms. The van der Waals surface area contributed by atoms with Gasteiger partial charge in [-0.2, -0.15) is 0 Å². The van der Waals surface area contributed by atoms with E-state index in [1.807, 2.05) is 30.3 Å². The SMILES string of the molecule is C=CC/C=C1\C(c2ccccc2)OC(c2ccc(Cl)cc2)C1(C(=O)OC)C(=O)OC. The highest BCUT2D eigenvalue weighted by atomic mass is 35.5. The predicted octanol–water partition coefficient (Wildman–Crippen LogP) is 4.99. The van der Waals surface area contributed by atoms with Gasteiger partial charge in [-0.05, 0) is 35.3 Å². The van der Waals surface area contributed by atoms with Crippen LogP contribution in [0.25, 0.3) is 0 Å². The van der Waals surface area contributed by atoms with Crippen LogP contribution in [0, 0.1) is 5.41 Å². The molecule has 0 spiro atoms. The fourth-order valence-corrected chi connectivity index (χ4v) is 3.98. The van der Waals surface area contributed by atoms with Crippen LogP contribution in [0.4, 0.5) is 0 Å². The zero-order valence-corrected chi connectivity index (χ0v) is 17.6. The van der Waals surface area contributed by atoms with Gasteiger partial charge in [0, 0.05) is 5.02 Å². The largest absolute Gasteiger partial charge is 0.468 e. The van der Waals surface area contributed by atoms with Crippen LogP contribution in [0.15, 0.2) is 78.9 Å².